The van der Waals surface area contributed by atoms with E-state index in [4.69, 9.17) is 4.74 Å². The summed E-state index contributed by atoms with van der Waals surface area (Å²) in [5.41, 5.74) is 1.59. The van der Waals surface area contributed by atoms with Gasteiger partial charge in [-0.3, -0.25) is 9.69 Å². The molecule has 0 saturated carbocycles. The zero-order chi connectivity index (χ0) is 24.2. The van der Waals surface area contributed by atoms with Crippen molar-refractivity contribution in [3.8, 4) is 5.75 Å². The first kappa shape index (κ1) is 28.0. The van der Waals surface area contributed by atoms with E-state index in [1.54, 1.807) is 50.1 Å². The van der Waals surface area contributed by atoms with Crippen LogP contribution in [0.25, 0.3) is 10.2 Å². The van der Waals surface area contributed by atoms with Gasteiger partial charge in [0, 0.05) is 6.54 Å². The molecule has 0 radical (unpaired) electrons. The van der Waals surface area contributed by atoms with E-state index in [1.165, 1.54) is 11.3 Å². The van der Waals surface area contributed by atoms with Crippen molar-refractivity contribution in [1.82, 2.24) is 9.88 Å². The molecule has 0 aliphatic heterocycles. The number of ether oxygens (including phenoxy) is 1. The molecular weight excluding hydrogens is 494 g/mol. The number of methoxy groups -OCH3 is 1. The third kappa shape index (κ3) is 6.69. The molecule has 7 nitrogen and oxygen atoms in total. The van der Waals surface area contributed by atoms with Crippen molar-refractivity contribution in [2.75, 3.05) is 39.2 Å². The van der Waals surface area contributed by atoms with Crippen molar-refractivity contribution < 1.29 is 17.9 Å². The number of aromatic nitrogens is 1. The first-order chi connectivity index (χ1) is 15.6. The molecule has 2 aromatic carbocycles. The topological polar surface area (TPSA) is 79.8 Å². The lowest BCUT2D eigenvalue weighted by Crippen LogP contribution is -2.34. The number of halogens is 1. The molecule has 0 unspecified atom stereocenters. The lowest BCUT2D eigenvalue weighted by Gasteiger charge is -2.21. The first-order valence-corrected chi connectivity index (χ1v) is 13.2. The summed E-state index contributed by atoms with van der Waals surface area (Å²) in [5.74, 6) is 0.680. The Labute approximate surface area is 212 Å². The Balaban J connectivity index is 0.00000408. The van der Waals surface area contributed by atoms with Gasteiger partial charge in [0.15, 0.2) is 15.0 Å². The number of amides is 1. The Kier molecular flexibility index (Phi) is 9.87. The Morgan fingerprint density at radius 2 is 1.76 bits per heavy atom. The molecular formula is C24H32ClN3O4S2. The second-order valence-corrected chi connectivity index (χ2v) is 12.0. The number of fused-ring (bicyclic) bond motifs is 1. The third-order valence-corrected chi connectivity index (χ3v) is 8.54. The molecule has 186 valence electrons. The van der Waals surface area contributed by atoms with Crippen molar-refractivity contribution in [1.29, 1.82) is 0 Å². The van der Waals surface area contributed by atoms with Crippen LogP contribution in [0, 0.1) is 0 Å². The maximum Gasteiger partial charge on any atom is 0.233 e. The Bertz CT molecular complexity index is 1210. The predicted octanol–water partition coefficient (Wildman–Crippen LogP) is 4.44. The largest absolute Gasteiger partial charge is 0.497 e. The number of sulfone groups is 1. The third-order valence-electron chi connectivity index (χ3n) is 5.33. The highest BCUT2D eigenvalue weighted by Crippen LogP contribution is 2.32. The molecule has 3 rings (SSSR count). The van der Waals surface area contributed by atoms with Crippen LogP contribution in [0.15, 0.2) is 47.4 Å². The number of thiazole rings is 1. The van der Waals surface area contributed by atoms with Crippen LogP contribution in [0.5, 0.6) is 5.75 Å². The summed E-state index contributed by atoms with van der Waals surface area (Å²) in [4.78, 5) is 22.1. The summed E-state index contributed by atoms with van der Waals surface area (Å²) in [7, 11) is 2.29. The van der Waals surface area contributed by atoms with Crippen LogP contribution in [-0.2, 0) is 21.1 Å². The molecule has 0 aliphatic carbocycles. The van der Waals surface area contributed by atoms with E-state index in [9.17, 15) is 13.2 Å². The van der Waals surface area contributed by atoms with Crippen LogP contribution in [0.2, 0.25) is 0 Å². The Morgan fingerprint density at radius 1 is 1.09 bits per heavy atom. The van der Waals surface area contributed by atoms with Gasteiger partial charge in [0.1, 0.15) is 5.75 Å². The minimum Gasteiger partial charge on any atom is -0.497 e. The fourth-order valence-electron chi connectivity index (χ4n) is 3.35. The Hall–Kier alpha value is -2.20. The van der Waals surface area contributed by atoms with E-state index in [2.05, 4.69) is 9.88 Å². The predicted molar refractivity (Wildman–Crippen MR) is 141 cm³/mol. The van der Waals surface area contributed by atoms with Crippen LogP contribution in [0.4, 0.5) is 5.13 Å². The standard InChI is InChI=1S/C24H31N3O4S2.ClH/c1-17(2)33(29,30)20-10-7-18(8-11-20)15-23(28)27(14-6-13-26(3)4)24-25-21-12-9-19(31-5)16-22(21)32-24;/h7-12,16-17H,6,13-15H2,1-5H3;1H. The van der Waals surface area contributed by atoms with Gasteiger partial charge in [-0.1, -0.05) is 23.5 Å². The summed E-state index contributed by atoms with van der Waals surface area (Å²) < 4.78 is 31.0. The molecule has 0 atom stereocenters. The molecule has 0 aliphatic rings. The van der Waals surface area contributed by atoms with Crippen LogP contribution in [-0.4, -0.2) is 63.8 Å². The fourth-order valence-corrected chi connectivity index (χ4v) is 5.44. The Morgan fingerprint density at radius 3 is 2.35 bits per heavy atom. The average Bonchev–Trinajstić information content (AvgIpc) is 3.19. The molecule has 0 N–H and O–H groups in total. The lowest BCUT2D eigenvalue weighted by atomic mass is 10.1. The van der Waals surface area contributed by atoms with Gasteiger partial charge in [0.05, 0.1) is 33.9 Å². The molecule has 0 saturated heterocycles. The zero-order valence-corrected chi connectivity index (χ0v) is 22.6. The average molecular weight is 526 g/mol. The highest BCUT2D eigenvalue weighted by molar-refractivity contribution is 7.92. The molecule has 10 heteroatoms. The second-order valence-electron chi connectivity index (χ2n) is 8.45. The summed E-state index contributed by atoms with van der Waals surface area (Å²) in [6.07, 6.45) is 0.979. The minimum absolute atomic E-state index is 0. The van der Waals surface area contributed by atoms with Gasteiger partial charge in [-0.05, 0) is 76.8 Å². The van der Waals surface area contributed by atoms with E-state index in [0.29, 0.717) is 11.7 Å². The van der Waals surface area contributed by atoms with Crippen molar-refractivity contribution in [2.24, 2.45) is 0 Å². The van der Waals surface area contributed by atoms with Crippen LogP contribution in [0.1, 0.15) is 25.8 Å². The quantitative estimate of drug-likeness (QED) is 0.389. The minimum atomic E-state index is -3.34. The highest BCUT2D eigenvalue weighted by Gasteiger charge is 2.22. The number of hydrogen-bond donors (Lipinski definition) is 0. The van der Waals surface area contributed by atoms with Gasteiger partial charge in [-0.2, -0.15) is 0 Å². The molecule has 1 aromatic heterocycles. The van der Waals surface area contributed by atoms with Crippen LogP contribution < -0.4 is 9.64 Å². The molecule has 1 heterocycles. The van der Waals surface area contributed by atoms with E-state index in [1.807, 2.05) is 32.3 Å². The van der Waals surface area contributed by atoms with E-state index in [0.717, 1.165) is 34.5 Å². The van der Waals surface area contributed by atoms with Gasteiger partial charge >= 0.3 is 0 Å². The fraction of sp³-hybridized carbons (Fsp3) is 0.417. The van der Waals surface area contributed by atoms with Crippen molar-refractivity contribution >= 4 is 54.8 Å². The second kappa shape index (κ2) is 12.0. The first-order valence-electron chi connectivity index (χ1n) is 10.8. The van der Waals surface area contributed by atoms with Crippen molar-refractivity contribution in [3.05, 3.63) is 48.0 Å². The number of rotatable bonds is 10. The highest BCUT2D eigenvalue weighted by atomic mass is 35.5. The number of carbonyl (C=O) groups is 1. The summed E-state index contributed by atoms with van der Waals surface area (Å²) >= 11 is 1.46. The maximum absolute atomic E-state index is 13.3. The SMILES string of the molecule is COc1ccc2nc(N(CCCN(C)C)C(=O)Cc3ccc(S(=O)(=O)C(C)C)cc3)sc2c1.Cl. The normalized spacial score (nSPS) is 11.6. The summed E-state index contributed by atoms with van der Waals surface area (Å²) in [5, 5.41) is 0.163. The summed E-state index contributed by atoms with van der Waals surface area (Å²) in [6.45, 7) is 4.72. The molecule has 1 amide bonds. The zero-order valence-electron chi connectivity index (χ0n) is 20.1. The maximum atomic E-state index is 13.3. The van der Waals surface area contributed by atoms with E-state index < -0.39 is 15.1 Å². The lowest BCUT2D eigenvalue weighted by molar-refractivity contribution is -0.118. The van der Waals surface area contributed by atoms with E-state index in [-0.39, 0.29) is 29.6 Å². The summed E-state index contributed by atoms with van der Waals surface area (Å²) in [6, 6.07) is 12.3. The number of anilines is 1. The van der Waals surface area contributed by atoms with E-state index >= 15 is 0 Å². The van der Waals surface area contributed by atoms with Gasteiger partial charge in [0.2, 0.25) is 5.91 Å². The van der Waals surface area contributed by atoms with Crippen LogP contribution >= 0.6 is 23.7 Å². The molecule has 34 heavy (non-hydrogen) atoms. The number of nitrogens with zero attached hydrogens (tertiary/aromatic N) is 3. The van der Waals surface area contributed by atoms with Gasteiger partial charge in [-0.15, -0.1) is 12.4 Å². The van der Waals surface area contributed by atoms with Crippen molar-refractivity contribution in [3.63, 3.8) is 0 Å². The number of hydrogen-bond acceptors (Lipinski definition) is 7. The number of benzene rings is 2. The van der Waals surface area contributed by atoms with Crippen LogP contribution in [0.3, 0.4) is 0 Å². The number of carbonyl (C=O) groups excluding carboxylic acids is 1. The molecule has 3 aromatic rings. The molecule has 0 fully saturated rings. The molecule has 0 bridgehead atoms. The molecule has 0 spiro atoms. The van der Waals surface area contributed by atoms with Gasteiger partial charge in [-0.25, -0.2) is 13.4 Å². The van der Waals surface area contributed by atoms with Gasteiger partial charge < -0.3 is 9.64 Å². The van der Waals surface area contributed by atoms with Gasteiger partial charge in [0.25, 0.3) is 0 Å². The van der Waals surface area contributed by atoms with Crippen molar-refractivity contribution in [2.45, 2.75) is 36.8 Å². The monoisotopic (exact) mass is 525 g/mol. The smallest absolute Gasteiger partial charge is 0.233 e.